The normalized spacial score (nSPS) is 13.1. The largest absolute Gasteiger partial charge is 0.493 e. The Morgan fingerprint density at radius 1 is 1.03 bits per heavy atom. The second kappa shape index (κ2) is 10.5. The predicted octanol–water partition coefficient (Wildman–Crippen LogP) is 4.41. The lowest BCUT2D eigenvalue weighted by atomic mass is 10.1. The van der Waals surface area contributed by atoms with Crippen molar-refractivity contribution in [3.63, 3.8) is 0 Å². The van der Waals surface area contributed by atoms with Gasteiger partial charge in [0, 0.05) is 25.1 Å². The van der Waals surface area contributed by atoms with Crippen LogP contribution in [0.25, 0.3) is 11.4 Å². The Kier molecular flexibility index (Phi) is 7.30. The van der Waals surface area contributed by atoms with Gasteiger partial charge >= 0.3 is 0 Å². The first kappa shape index (κ1) is 23.5. The molecule has 0 saturated heterocycles. The van der Waals surface area contributed by atoms with Gasteiger partial charge in [-0.3, -0.25) is 4.79 Å². The zero-order valence-corrected chi connectivity index (χ0v) is 19.7. The van der Waals surface area contributed by atoms with Crippen LogP contribution in [0.4, 0.5) is 10.1 Å². The summed E-state index contributed by atoms with van der Waals surface area (Å²) in [5.41, 5.74) is 1.66. The Balaban J connectivity index is 1.48. The van der Waals surface area contributed by atoms with Gasteiger partial charge < -0.3 is 24.1 Å². The Hall–Kier alpha value is -3.62. The van der Waals surface area contributed by atoms with Crippen LogP contribution in [0.2, 0.25) is 0 Å². The monoisotopic (exact) mass is 468 g/mol. The molecule has 1 amide bonds. The zero-order chi connectivity index (χ0) is 24.1. The van der Waals surface area contributed by atoms with E-state index in [0.717, 1.165) is 43.6 Å². The Bertz CT molecular complexity index is 1180. The summed E-state index contributed by atoms with van der Waals surface area (Å²) in [6.07, 6.45) is 4.66. The maximum absolute atomic E-state index is 14.7. The lowest BCUT2D eigenvalue weighted by Crippen LogP contribution is -2.13. The fourth-order valence-corrected chi connectivity index (χ4v) is 4.29. The van der Waals surface area contributed by atoms with E-state index in [-0.39, 0.29) is 12.3 Å². The Morgan fingerprint density at radius 3 is 2.62 bits per heavy atom. The third kappa shape index (κ3) is 4.83. The number of anilines is 1. The van der Waals surface area contributed by atoms with Crippen LogP contribution in [0, 0.1) is 5.82 Å². The fraction of sp³-hybridized carbons (Fsp3) is 0.400. The average Bonchev–Trinajstić information content (AvgIpc) is 3.10. The summed E-state index contributed by atoms with van der Waals surface area (Å²) >= 11 is 0. The maximum atomic E-state index is 14.7. The highest BCUT2D eigenvalue weighted by Crippen LogP contribution is 2.40. The first-order valence-corrected chi connectivity index (χ1v) is 11.4. The van der Waals surface area contributed by atoms with Crippen LogP contribution in [0.1, 0.15) is 37.1 Å². The summed E-state index contributed by atoms with van der Waals surface area (Å²) < 4.78 is 32.9. The van der Waals surface area contributed by atoms with Crippen molar-refractivity contribution in [1.29, 1.82) is 0 Å². The number of carbonyl (C=O) groups is 1. The highest BCUT2D eigenvalue weighted by atomic mass is 19.1. The summed E-state index contributed by atoms with van der Waals surface area (Å²) in [4.78, 5) is 12.7. The number of rotatable bonds is 8. The summed E-state index contributed by atoms with van der Waals surface area (Å²) in [6, 6.07) is 8.14. The summed E-state index contributed by atoms with van der Waals surface area (Å²) in [7, 11) is 4.64. The number of hydrogen-bond acceptors (Lipinski definition) is 6. The van der Waals surface area contributed by atoms with Gasteiger partial charge in [0.15, 0.2) is 17.3 Å². The SMILES string of the molecule is COc1ccc(CCC(=O)Nc2ccc(F)c(-c3nnc4n3CCCCC4)c2)c(OC)c1OC. The van der Waals surface area contributed by atoms with Crippen molar-refractivity contribution in [1.82, 2.24) is 14.8 Å². The lowest BCUT2D eigenvalue weighted by molar-refractivity contribution is -0.116. The molecule has 0 unspecified atom stereocenters. The molecule has 8 nitrogen and oxygen atoms in total. The molecule has 34 heavy (non-hydrogen) atoms. The molecular weight excluding hydrogens is 439 g/mol. The zero-order valence-electron chi connectivity index (χ0n) is 19.7. The van der Waals surface area contributed by atoms with E-state index in [2.05, 4.69) is 15.5 Å². The van der Waals surface area contributed by atoms with E-state index in [1.54, 1.807) is 32.4 Å². The third-order valence-corrected chi connectivity index (χ3v) is 6.01. The first-order chi connectivity index (χ1) is 16.5. The van der Waals surface area contributed by atoms with Crippen molar-refractivity contribution >= 4 is 11.6 Å². The molecule has 0 atom stereocenters. The molecule has 9 heteroatoms. The standard InChI is InChI=1S/C25H29FN4O4/c1-32-20-12-8-16(23(33-2)24(20)34-3)9-13-22(31)27-17-10-11-19(26)18(15-17)25-29-28-21-7-5-4-6-14-30(21)25/h8,10-12,15H,4-7,9,13-14H2,1-3H3,(H,27,31). The topological polar surface area (TPSA) is 87.5 Å². The molecule has 1 aromatic heterocycles. The number of ether oxygens (including phenoxy) is 3. The molecule has 0 spiro atoms. The number of nitrogens with zero attached hydrogens (tertiary/aromatic N) is 3. The van der Waals surface area contributed by atoms with E-state index in [1.807, 2.05) is 10.6 Å². The summed E-state index contributed by atoms with van der Waals surface area (Å²) in [5.74, 6) is 2.36. The molecule has 2 aromatic carbocycles. The molecule has 3 aromatic rings. The van der Waals surface area contributed by atoms with E-state index < -0.39 is 5.82 Å². The number of benzene rings is 2. The summed E-state index contributed by atoms with van der Waals surface area (Å²) in [5, 5.41) is 11.4. The van der Waals surface area contributed by atoms with Crippen LogP contribution in [-0.4, -0.2) is 42.0 Å². The maximum Gasteiger partial charge on any atom is 0.224 e. The lowest BCUT2D eigenvalue weighted by Gasteiger charge is -2.15. The first-order valence-electron chi connectivity index (χ1n) is 11.4. The second-order valence-corrected chi connectivity index (χ2v) is 8.14. The molecule has 1 aliphatic rings. The molecule has 180 valence electrons. The van der Waals surface area contributed by atoms with Crippen molar-refractivity contribution in [2.45, 2.75) is 45.1 Å². The minimum absolute atomic E-state index is 0.200. The predicted molar refractivity (Wildman–Crippen MR) is 126 cm³/mol. The van der Waals surface area contributed by atoms with Gasteiger partial charge in [0.2, 0.25) is 11.7 Å². The van der Waals surface area contributed by atoms with Gasteiger partial charge in [-0.1, -0.05) is 12.5 Å². The molecule has 1 aliphatic heterocycles. The van der Waals surface area contributed by atoms with Crippen molar-refractivity contribution < 1.29 is 23.4 Å². The molecule has 1 N–H and O–H groups in total. The number of hydrogen-bond donors (Lipinski definition) is 1. The number of amides is 1. The van der Waals surface area contributed by atoms with Crippen LogP contribution in [0.15, 0.2) is 30.3 Å². The number of aromatic nitrogens is 3. The summed E-state index contributed by atoms with van der Waals surface area (Å²) in [6.45, 7) is 0.765. The van der Waals surface area contributed by atoms with Crippen LogP contribution in [-0.2, 0) is 24.2 Å². The molecule has 0 bridgehead atoms. The van der Waals surface area contributed by atoms with Crippen molar-refractivity contribution in [3.05, 3.63) is 47.5 Å². The van der Waals surface area contributed by atoms with Crippen LogP contribution >= 0.6 is 0 Å². The van der Waals surface area contributed by atoms with Gasteiger partial charge in [0.1, 0.15) is 11.6 Å². The highest BCUT2D eigenvalue weighted by molar-refractivity contribution is 5.91. The molecule has 0 aliphatic carbocycles. The van der Waals surface area contributed by atoms with Crippen LogP contribution in [0.5, 0.6) is 17.2 Å². The number of fused-ring (bicyclic) bond motifs is 1. The number of aryl methyl sites for hydroxylation is 2. The Morgan fingerprint density at radius 2 is 1.85 bits per heavy atom. The second-order valence-electron chi connectivity index (χ2n) is 8.14. The Labute approximate surface area is 198 Å². The van der Waals surface area contributed by atoms with Crippen molar-refractivity contribution in [3.8, 4) is 28.6 Å². The van der Waals surface area contributed by atoms with Gasteiger partial charge in [-0.2, -0.15) is 0 Å². The molecule has 4 rings (SSSR count). The average molecular weight is 469 g/mol. The van der Waals surface area contributed by atoms with Crippen LogP contribution in [0.3, 0.4) is 0 Å². The van der Waals surface area contributed by atoms with Gasteiger partial charge in [-0.15, -0.1) is 10.2 Å². The van der Waals surface area contributed by atoms with Gasteiger partial charge in [0.05, 0.1) is 26.9 Å². The van der Waals surface area contributed by atoms with Crippen LogP contribution < -0.4 is 19.5 Å². The van der Waals surface area contributed by atoms with Crippen molar-refractivity contribution in [2.75, 3.05) is 26.6 Å². The van der Waals surface area contributed by atoms with Crippen molar-refractivity contribution in [2.24, 2.45) is 0 Å². The van der Waals surface area contributed by atoms with E-state index in [1.165, 1.54) is 13.2 Å². The number of nitrogens with one attached hydrogen (secondary N) is 1. The quantitative estimate of drug-likeness (QED) is 0.527. The highest BCUT2D eigenvalue weighted by Gasteiger charge is 2.20. The minimum atomic E-state index is -0.396. The molecule has 2 heterocycles. The van der Waals surface area contributed by atoms with E-state index in [0.29, 0.717) is 40.7 Å². The van der Waals surface area contributed by atoms with E-state index in [4.69, 9.17) is 14.2 Å². The fourth-order valence-electron chi connectivity index (χ4n) is 4.29. The smallest absolute Gasteiger partial charge is 0.224 e. The van der Waals surface area contributed by atoms with E-state index in [9.17, 15) is 9.18 Å². The van der Waals surface area contributed by atoms with Gasteiger partial charge in [-0.25, -0.2) is 4.39 Å². The third-order valence-electron chi connectivity index (χ3n) is 6.01. The number of carbonyl (C=O) groups excluding carboxylic acids is 1. The van der Waals surface area contributed by atoms with Gasteiger partial charge in [0.25, 0.3) is 0 Å². The number of methoxy groups -OCH3 is 3. The molecule has 0 saturated carbocycles. The number of halogens is 1. The van der Waals surface area contributed by atoms with E-state index >= 15 is 0 Å². The molecule has 0 radical (unpaired) electrons. The molecule has 0 fully saturated rings. The molecular formula is C25H29FN4O4. The minimum Gasteiger partial charge on any atom is -0.493 e. The van der Waals surface area contributed by atoms with Gasteiger partial charge in [-0.05, 0) is 49.1 Å².